The number of sulfone groups is 1. The van der Waals surface area contributed by atoms with Gasteiger partial charge in [0.1, 0.15) is 10.8 Å². The van der Waals surface area contributed by atoms with E-state index in [0.29, 0.717) is 22.4 Å². The SMILES string of the molecule is COc1cc2c(c(Cl)c1Cl)S(=O)(=O)C(c1ccccc1)=C2C. The van der Waals surface area contributed by atoms with E-state index >= 15 is 0 Å². The van der Waals surface area contributed by atoms with E-state index in [1.807, 2.05) is 6.07 Å². The third kappa shape index (κ3) is 2.06. The van der Waals surface area contributed by atoms with Crippen molar-refractivity contribution < 1.29 is 13.2 Å². The third-order valence-electron chi connectivity index (χ3n) is 3.67. The zero-order chi connectivity index (χ0) is 16.1. The number of rotatable bonds is 2. The summed E-state index contributed by atoms with van der Waals surface area (Å²) in [5.74, 6) is 0.356. The fourth-order valence-corrected chi connectivity index (χ4v) is 5.45. The first-order chi connectivity index (χ1) is 10.4. The molecule has 2 aromatic carbocycles. The highest BCUT2D eigenvalue weighted by atomic mass is 35.5. The Hall–Kier alpha value is -1.49. The molecule has 3 rings (SSSR count). The smallest absolute Gasteiger partial charge is 0.209 e. The molecule has 3 nitrogen and oxygen atoms in total. The van der Waals surface area contributed by atoms with Gasteiger partial charge in [0.25, 0.3) is 0 Å². The number of allylic oxidation sites excluding steroid dienone is 1. The van der Waals surface area contributed by atoms with E-state index in [2.05, 4.69) is 0 Å². The van der Waals surface area contributed by atoms with Crippen molar-refractivity contribution in [2.24, 2.45) is 0 Å². The summed E-state index contributed by atoms with van der Waals surface area (Å²) in [5.41, 5.74) is 1.80. The van der Waals surface area contributed by atoms with E-state index in [4.69, 9.17) is 27.9 Å². The van der Waals surface area contributed by atoms with Crippen LogP contribution in [0, 0.1) is 0 Å². The van der Waals surface area contributed by atoms with Gasteiger partial charge in [-0.3, -0.25) is 0 Å². The van der Waals surface area contributed by atoms with Gasteiger partial charge >= 0.3 is 0 Å². The largest absolute Gasteiger partial charge is 0.495 e. The van der Waals surface area contributed by atoms with Crippen LogP contribution in [-0.2, 0) is 9.84 Å². The van der Waals surface area contributed by atoms with Gasteiger partial charge in [0.05, 0.1) is 21.9 Å². The molecule has 0 spiro atoms. The molecular weight excluding hydrogens is 343 g/mol. The molecule has 1 aliphatic heterocycles. The van der Waals surface area contributed by atoms with Crippen LogP contribution in [0.4, 0.5) is 0 Å². The lowest BCUT2D eigenvalue weighted by Gasteiger charge is -2.10. The Morgan fingerprint density at radius 3 is 2.27 bits per heavy atom. The number of methoxy groups -OCH3 is 1. The summed E-state index contributed by atoms with van der Waals surface area (Å²) < 4.78 is 31.0. The number of hydrogen-bond donors (Lipinski definition) is 0. The van der Waals surface area contributed by atoms with Crippen LogP contribution in [0.15, 0.2) is 41.3 Å². The molecule has 0 radical (unpaired) electrons. The molecule has 1 aliphatic rings. The predicted octanol–water partition coefficient (Wildman–Crippen LogP) is 4.68. The van der Waals surface area contributed by atoms with Gasteiger partial charge in [-0.05, 0) is 24.1 Å². The van der Waals surface area contributed by atoms with Crippen LogP contribution in [-0.4, -0.2) is 15.5 Å². The van der Waals surface area contributed by atoms with Crippen LogP contribution >= 0.6 is 23.2 Å². The van der Waals surface area contributed by atoms with Crippen LogP contribution < -0.4 is 4.74 Å². The fourth-order valence-electron chi connectivity index (χ4n) is 2.66. The molecule has 0 fully saturated rings. The average molecular weight is 355 g/mol. The van der Waals surface area contributed by atoms with E-state index in [-0.39, 0.29) is 19.8 Å². The fraction of sp³-hybridized carbons (Fsp3) is 0.125. The Balaban J connectivity index is 2.38. The number of benzene rings is 2. The van der Waals surface area contributed by atoms with Crippen LogP contribution in [0.2, 0.25) is 10.0 Å². The Morgan fingerprint density at radius 1 is 1.05 bits per heavy atom. The maximum absolute atomic E-state index is 12.9. The molecule has 6 heteroatoms. The first kappa shape index (κ1) is 15.4. The van der Waals surface area contributed by atoms with Gasteiger partial charge in [0, 0.05) is 5.56 Å². The molecule has 1 heterocycles. The van der Waals surface area contributed by atoms with Crippen molar-refractivity contribution >= 4 is 43.5 Å². The summed E-state index contributed by atoms with van der Waals surface area (Å²) in [6, 6.07) is 10.6. The molecule has 0 amide bonds. The maximum atomic E-state index is 12.9. The van der Waals surface area contributed by atoms with Gasteiger partial charge in [0.15, 0.2) is 0 Å². The monoisotopic (exact) mass is 354 g/mol. The number of fused-ring (bicyclic) bond motifs is 1. The van der Waals surface area contributed by atoms with Crippen molar-refractivity contribution in [2.75, 3.05) is 7.11 Å². The molecule has 22 heavy (non-hydrogen) atoms. The highest BCUT2D eigenvalue weighted by Gasteiger charge is 2.38. The summed E-state index contributed by atoms with van der Waals surface area (Å²) >= 11 is 12.3. The second kappa shape index (κ2) is 5.30. The second-order valence-electron chi connectivity index (χ2n) is 4.91. The van der Waals surface area contributed by atoms with E-state index in [9.17, 15) is 8.42 Å². The molecule has 0 N–H and O–H groups in total. The minimum Gasteiger partial charge on any atom is -0.495 e. The molecule has 0 aromatic heterocycles. The summed E-state index contributed by atoms with van der Waals surface area (Å²) in [5, 5.41) is 0.106. The van der Waals surface area contributed by atoms with Crippen LogP contribution in [0.5, 0.6) is 5.75 Å². The van der Waals surface area contributed by atoms with E-state index < -0.39 is 9.84 Å². The molecule has 0 atom stereocenters. The molecule has 0 unspecified atom stereocenters. The van der Waals surface area contributed by atoms with E-state index in [0.717, 1.165) is 0 Å². The first-order valence-electron chi connectivity index (χ1n) is 6.47. The van der Waals surface area contributed by atoms with Crippen molar-refractivity contribution in [1.82, 2.24) is 0 Å². The Bertz CT molecular complexity index is 901. The number of halogens is 2. The Kier molecular flexibility index (Phi) is 3.71. The Labute approximate surface area is 139 Å². The second-order valence-corrected chi connectivity index (χ2v) is 7.49. The maximum Gasteiger partial charge on any atom is 0.209 e. The minimum atomic E-state index is -3.72. The van der Waals surface area contributed by atoms with Gasteiger partial charge in [0.2, 0.25) is 9.84 Å². The van der Waals surface area contributed by atoms with E-state index in [1.165, 1.54) is 7.11 Å². The highest BCUT2D eigenvalue weighted by Crippen LogP contribution is 2.51. The van der Waals surface area contributed by atoms with Gasteiger partial charge in [-0.15, -0.1) is 0 Å². The van der Waals surface area contributed by atoms with Crippen molar-refractivity contribution in [3.8, 4) is 5.75 Å². The number of hydrogen-bond acceptors (Lipinski definition) is 3. The highest BCUT2D eigenvalue weighted by molar-refractivity contribution is 8.01. The normalized spacial score (nSPS) is 15.8. The standard InChI is InChI=1S/C16H12Cl2O3S/c1-9-11-8-12(21-2)13(17)14(18)16(11)22(19,20)15(9)10-6-4-3-5-7-10/h3-8H,1-2H3. The topological polar surface area (TPSA) is 43.4 Å². The van der Waals surface area contributed by atoms with Gasteiger partial charge in [-0.25, -0.2) is 8.42 Å². The Morgan fingerprint density at radius 2 is 1.68 bits per heavy atom. The summed E-state index contributed by atoms with van der Waals surface area (Å²) in [4.78, 5) is 0.311. The molecular formula is C16H12Cl2O3S. The number of ether oxygens (including phenoxy) is 1. The molecule has 0 saturated heterocycles. The summed E-state index contributed by atoms with van der Waals surface area (Å²) in [6.45, 7) is 1.76. The van der Waals surface area contributed by atoms with E-state index in [1.54, 1.807) is 37.3 Å². The molecule has 0 saturated carbocycles. The van der Waals surface area contributed by atoms with Crippen LogP contribution in [0.25, 0.3) is 10.5 Å². The van der Waals surface area contributed by atoms with Crippen molar-refractivity contribution in [2.45, 2.75) is 11.8 Å². The van der Waals surface area contributed by atoms with Crippen molar-refractivity contribution in [1.29, 1.82) is 0 Å². The van der Waals surface area contributed by atoms with Crippen molar-refractivity contribution in [3.05, 3.63) is 57.6 Å². The van der Waals surface area contributed by atoms with Gasteiger partial charge in [-0.2, -0.15) is 0 Å². The van der Waals surface area contributed by atoms with Crippen LogP contribution in [0.1, 0.15) is 18.1 Å². The molecule has 2 aromatic rings. The van der Waals surface area contributed by atoms with Gasteiger partial charge < -0.3 is 4.74 Å². The molecule has 0 aliphatic carbocycles. The lowest BCUT2D eigenvalue weighted by molar-refractivity contribution is 0.414. The molecule has 114 valence electrons. The lowest BCUT2D eigenvalue weighted by Crippen LogP contribution is -2.02. The third-order valence-corrected chi connectivity index (χ3v) is 6.67. The summed E-state index contributed by atoms with van der Waals surface area (Å²) in [6.07, 6.45) is 0. The lowest BCUT2D eigenvalue weighted by atomic mass is 10.0. The zero-order valence-electron chi connectivity index (χ0n) is 11.9. The summed E-state index contributed by atoms with van der Waals surface area (Å²) in [7, 11) is -2.26. The van der Waals surface area contributed by atoms with Gasteiger partial charge in [-0.1, -0.05) is 53.5 Å². The minimum absolute atomic E-state index is 0.00120. The zero-order valence-corrected chi connectivity index (χ0v) is 14.2. The first-order valence-corrected chi connectivity index (χ1v) is 8.71. The quantitative estimate of drug-likeness (QED) is 0.786. The average Bonchev–Trinajstić information content (AvgIpc) is 2.70. The molecule has 0 bridgehead atoms. The van der Waals surface area contributed by atoms with Crippen molar-refractivity contribution in [3.63, 3.8) is 0 Å². The predicted molar refractivity (Wildman–Crippen MR) is 89.1 cm³/mol. The van der Waals surface area contributed by atoms with Crippen LogP contribution in [0.3, 0.4) is 0 Å².